The highest BCUT2D eigenvalue weighted by Crippen LogP contribution is 2.29. The summed E-state index contributed by atoms with van der Waals surface area (Å²) in [6, 6.07) is 0. The summed E-state index contributed by atoms with van der Waals surface area (Å²) < 4.78 is 0. The lowest BCUT2D eigenvalue weighted by Gasteiger charge is -2.20. The van der Waals surface area contributed by atoms with Crippen LogP contribution < -0.4 is 11.3 Å². The van der Waals surface area contributed by atoms with E-state index in [9.17, 15) is 0 Å². The van der Waals surface area contributed by atoms with Gasteiger partial charge in [-0.15, -0.1) is 11.8 Å². The number of anilines is 1. The molecule has 0 fully saturated rings. The van der Waals surface area contributed by atoms with Gasteiger partial charge in [-0.05, 0) is 12.8 Å². The second-order valence-corrected chi connectivity index (χ2v) is 6.93. The van der Waals surface area contributed by atoms with Crippen molar-refractivity contribution in [2.75, 3.05) is 11.2 Å². The number of hydrogen-bond acceptors (Lipinski definition) is 5. The van der Waals surface area contributed by atoms with E-state index in [1.807, 2.05) is 6.92 Å². The lowest BCUT2D eigenvalue weighted by molar-refractivity contribution is 0.538. The fourth-order valence-electron chi connectivity index (χ4n) is 1.36. The van der Waals surface area contributed by atoms with Gasteiger partial charge in [-0.2, -0.15) is 0 Å². The molecule has 0 saturated carbocycles. The number of rotatable bonds is 4. The molecule has 0 bridgehead atoms. The van der Waals surface area contributed by atoms with E-state index in [1.165, 1.54) is 0 Å². The smallest absolute Gasteiger partial charge is 0.147 e. The summed E-state index contributed by atoms with van der Waals surface area (Å²) in [6.07, 6.45) is 0. The molecule has 4 nitrogen and oxygen atoms in total. The Morgan fingerprint density at radius 1 is 1.28 bits per heavy atom. The van der Waals surface area contributed by atoms with Gasteiger partial charge in [0.05, 0.1) is 0 Å². The zero-order valence-electron chi connectivity index (χ0n) is 12.2. The van der Waals surface area contributed by atoms with Crippen molar-refractivity contribution in [1.82, 2.24) is 9.97 Å². The third-order valence-electron chi connectivity index (χ3n) is 2.46. The number of hydrazine groups is 1. The summed E-state index contributed by atoms with van der Waals surface area (Å²) in [5.74, 6) is 8.77. The Bertz CT molecular complexity index is 410. The fraction of sp³-hybridized carbons (Fsp3) is 0.692. The van der Waals surface area contributed by atoms with Crippen molar-refractivity contribution in [3.05, 3.63) is 11.4 Å². The zero-order valence-corrected chi connectivity index (χ0v) is 13.0. The lowest BCUT2D eigenvalue weighted by Crippen LogP contribution is -2.20. The van der Waals surface area contributed by atoms with Crippen LogP contribution in [0.25, 0.3) is 0 Å². The van der Waals surface area contributed by atoms with E-state index in [2.05, 4.69) is 50.0 Å². The SMILES string of the molecule is Cc1c(NN)nc(C(C)(C)C)nc1SCC(C)C. The van der Waals surface area contributed by atoms with Crippen LogP contribution in [0.3, 0.4) is 0 Å². The molecule has 1 aromatic heterocycles. The van der Waals surface area contributed by atoms with E-state index < -0.39 is 0 Å². The van der Waals surface area contributed by atoms with Crippen LogP contribution in [0.2, 0.25) is 0 Å². The summed E-state index contributed by atoms with van der Waals surface area (Å²) in [5, 5.41) is 1.02. The molecule has 0 radical (unpaired) electrons. The van der Waals surface area contributed by atoms with Crippen molar-refractivity contribution in [1.29, 1.82) is 0 Å². The summed E-state index contributed by atoms with van der Waals surface area (Å²) in [6.45, 7) is 12.7. The molecular weight excluding hydrogens is 244 g/mol. The minimum atomic E-state index is -0.0769. The van der Waals surface area contributed by atoms with Crippen LogP contribution >= 0.6 is 11.8 Å². The molecule has 1 heterocycles. The number of hydrogen-bond donors (Lipinski definition) is 2. The highest BCUT2D eigenvalue weighted by molar-refractivity contribution is 7.99. The number of nitrogens with one attached hydrogen (secondary N) is 1. The Morgan fingerprint density at radius 2 is 1.89 bits per heavy atom. The van der Waals surface area contributed by atoms with E-state index in [-0.39, 0.29) is 5.41 Å². The number of nitrogens with two attached hydrogens (primary N) is 1. The van der Waals surface area contributed by atoms with E-state index in [0.717, 1.165) is 28.0 Å². The van der Waals surface area contributed by atoms with Crippen molar-refractivity contribution in [2.24, 2.45) is 11.8 Å². The van der Waals surface area contributed by atoms with Crippen LogP contribution in [0.4, 0.5) is 5.82 Å². The van der Waals surface area contributed by atoms with Gasteiger partial charge in [-0.25, -0.2) is 15.8 Å². The van der Waals surface area contributed by atoms with Gasteiger partial charge in [0.2, 0.25) is 0 Å². The van der Waals surface area contributed by atoms with Gasteiger partial charge in [0, 0.05) is 16.7 Å². The Kier molecular flexibility index (Phi) is 4.99. The van der Waals surface area contributed by atoms with Gasteiger partial charge in [-0.1, -0.05) is 34.6 Å². The van der Waals surface area contributed by atoms with Gasteiger partial charge in [0.1, 0.15) is 16.7 Å². The van der Waals surface area contributed by atoms with Gasteiger partial charge < -0.3 is 5.43 Å². The predicted molar refractivity (Wildman–Crippen MR) is 78.8 cm³/mol. The van der Waals surface area contributed by atoms with Crippen LogP contribution in [0.1, 0.15) is 46.0 Å². The molecule has 1 rings (SSSR count). The van der Waals surface area contributed by atoms with Crippen molar-refractivity contribution in [3.8, 4) is 0 Å². The number of nitrogen functional groups attached to an aromatic ring is 1. The summed E-state index contributed by atoms with van der Waals surface area (Å²) in [7, 11) is 0. The third kappa shape index (κ3) is 3.85. The summed E-state index contributed by atoms with van der Waals surface area (Å²) in [5.41, 5.74) is 3.62. The molecule has 0 amide bonds. The standard InChI is InChI=1S/C13H24N4S/c1-8(2)7-18-11-9(3)10(17-14)15-12(16-11)13(4,5)6/h8H,7,14H2,1-6H3,(H,15,16,17). The number of aromatic nitrogens is 2. The molecule has 0 aliphatic heterocycles. The predicted octanol–water partition coefficient (Wildman–Crippen LogP) is 3.12. The zero-order chi connectivity index (χ0) is 13.9. The molecule has 0 atom stereocenters. The van der Waals surface area contributed by atoms with Crippen molar-refractivity contribution >= 4 is 17.6 Å². The Labute approximate surface area is 114 Å². The molecule has 0 unspecified atom stereocenters. The van der Waals surface area contributed by atoms with E-state index in [1.54, 1.807) is 11.8 Å². The maximum absolute atomic E-state index is 5.54. The minimum Gasteiger partial charge on any atom is -0.308 e. The molecule has 5 heteroatoms. The monoisotopic (exact) mass is 268 g/mol. The first-order valence-electron chi connectivity index (χ1n) is 6.24. The van der Waals surface area contributed by atoms with E-state index >= 15 is 0 Å². The van der Waals surface area contributed by atoms with Gasteiger partial charge in [0.15, 0.2) is 0 Å². The fourth-order valence-corrected chi connectivity index (χ4v) is 2.31. The van der Waals surface area contributed by atoms with E-state index in [0.29, 0.717) is 5.92 Å². The molecular formula is C13H24N4S. The van der Waals surface area contributed by atoms with Crippen LogP contribution in [0, 0.1) is 12.8 Å². The molecule has 18 heavy (non-hydrogen) atoms. The summed E-state index contributed by atoms with van der Waals surface area (Å²) in [4.78, 5) is 9.17. The molecule has 1 aromatic rings. The highest BCUT2D eigenvalue weighted by atomic mass is 32.2. The Morgan fingerprint density at radius 3 is 2.33 bits per heavy atom. The van der Waals surface area contributed by atoms with Crippen LogP contribution in [-0.2, 0) is 5.41 Å². The largest absolute Gasteiger partial charge is 0.308 e. The van der Waals surface area contributed by atoms with Crippen molar-refractivity contribution < 1.29 is 0 Å². The molecule has 0 saturated heterocycles. The summed E-state index contributed by atoms with van der Waals surface area (Å²) >= 11 is 1.77. The van der Waals surface area contributed by atoms with Crippen molar-refractivity contribution in [2.45, 2.75) is 52.0 Å². The third-order valence-corrected chi connectivity index (χ3v) is 3.97. The van der Waals surface area contributed by atoms with Gasteiger partial charge in [0.25, 0.3) is 0 Å². The Balaban J connectivity index is 3.15. The molecule has 0 spiro atoms. The second-order valence-electron chi connectivity index (χ2n) is 5.93. The normalized spacial score (nSPS) is 12.0. The molecule has 102 valence electrons. The average molecular weight is 268 g/mol. The van der Waals surface area contributed by atoms with Crippen LogP contribution in [-0.4, -0.2) is 15.7 Å². The molecule has 0 aromatic carbocycles. The molecule has 0 aliphatic carbocycles. The average Bonchev–Trinajstić information content (AvgIpc) is 2.26. The minimum absolute atomic E-state index is 0.0769. The first kappa shape index (κ1) is 15.2. The first-order chi connectivity index (χ1) is 8.25. The maximum atomic E-state index is 5.54. The van der Waals surface area contributed by atoms with E-state index in [4.69, 9.17) is 5.84 Å². The van der Waals surface area contributed by atoms with Gasteiger partial charge >= 0.3 is 0 Å². The van der Waals surface area contributed by atoms with Crippen molar-refractivity contribution in [3.63, 3.8) is 0 Å². The maximum Gasteiger partial charge on any atom is 0.147 e. The van der Waals surface area contributed by atoms with Crippen LogP contribution in [0.5, 0.6) is 0 Å². The number of nitrogens with zero attached hydrogens (tertiary/aromatic N) is 2. The first-order valence-corrected chi connectivity index (χ1v) is 7.22. The Hall–Kier alpha value is -0.810. The second kappa shape index (κ2) is 5.89. The topological polar surface area (TPSA) is 63.8 Å². The van der Waals surface area contributed by atoms with Crippen LogP contribution in [0.15, 0.2) is 5.03 Å². The quantitative estimate of drug-likeness (QED) is 0.380. The highest BCUT2D eigenvalue weighted by Gasteiger charge is 2.21. The number of thioether (sulfide) groups is 1. The molecule has 3 N–H and O–H groups in total. The van der Waals surface area contributed by atoms with Gasteiger partial charge in [-0.3, -0.25) is 0 Å². The lowest BCUT2D eigenvalue weighted by atomic mass is 9.95. The molecule has 0 aliphatic rings.